The van der Waals surface area contributed by atoms with E-state index >= 15 is 0 Å². The third kappa shape index (κ3) is 2.31. The van der Waals surface area contributed by atoms with Gasteiger partial charge in [0.05, 0.1) is 6.54 Å². The summed E-state index contributed by atoms with van der Waals surface area (Å²) in [7, 11) is 0. The Morgan fingerprint density at radius 1 is 1.35 bits per heavy atom. The van der Waals surface area contributed by atoms with Gasteiger partial charge in [0.2, 0.25) is 11.8 Å². The molecule has 0 spiro atoms. The molecule has 2 amide bonds. The Labute approximate surface area is 103 Å². The first-order chi connectivity index (χ1) is 7.84. The molecule has 1 N–H and O–H groups in total. The van der Waals surface area contributed by atoms with Crippen molar-refractivity contribution in [3.05, 3.63) is 0 Å². The van der Waals surface area contributed by atoms with E-state index in [1.807, 2.05) is 20.8 Å². The summed E-state index contributed by atoms with van der Waals surface area (Å²) in [5, 5.41) is 2.82. The maximum Gasteiger partial charge on any atom is 0.246 e. The summed E-state index contributed by atoms with van der Waals surface area (Å²) in [6.45, 7) is 8.35. The topological polar surface area (TPSA) is 49.4 Å². The lowest BCUT2D eigenvalue weighted by molar-refractivity contribution is -0.148. The average Bonchev–Trinajstić information content (AvgIpc) is 2.98. The second-order valence-electron chi connectivity index (χ2n) is 6.30. The number of nitrogens with one attached hydrogen (secondary N) is 1. The van der Waals surface area contributed by atoms with Crippen LogP contribution in [-0.4, -0.2) is 35.3 Å². The Morgan fingerprint density at radius 2 is 2.00 bits per heavy atom. The normalized spacial score (nSPS) is 33.6. The number of amides is 2. The quantitative estimate of drug-likeness (QED) is 0.784. The van der Waals surface area contributed by atoms with E-state index in [-0.39, 0.29) is 29.8 Å². The second kappa shape index (κ2) is 4.00. The van der Waals surface area contributed by atoms with Gasteiger partial charge in [-0.1, -0.05) is 34.1 Å². The fourth-order valence-electron chi connectivity index (χ4n) is 2.59. The lowest BCUT2D eigenvalue weighted by Gasteiger charge is -2.39. The van der Waals surface area contributed by atoms with Crippen molar-refractivity contribution in [3.63, 3.8) is 0 Å². The van der Waals surface area contributed by atoms with E-state index in [0.717, 1.165) is 12.8 Å². The molecule has 2 aliphatic rings. The molecule has 3 atom stereocenters. The van der Waals surface area contributed by atoms with E-state index in [0.29, 0.717) is 12.0 Å². The Balaban J connectivity index is 2.13. The molecule has 1 heterocycles. The Hall–Kier alpha value is -1.06. The lowest BCUT2D eigenvalue weighted by atomic mass is 9.84. The lowest BCUT2D eigenvalue weighted by Crippen LogP contribution is -2.62. The molecular weight excluding hydrogens is 216 g/mol. The van der Waals surface area contributed by atoms with E-state index in [9.17, 15) is 9.59 Å². The second-order valence-corrected chi connectivity index (χ2v) is 6.30. The van der Waals surface area contributed by atoms with Crippen molar-refractivity contribution >= 4 is 11.8 Å². The van der Waals surface area contributed by atoms with E-state index in [1.54, 1.807) is 4.90 Å². The minimum atomic E-state index is -0.373. The largest absolute Gasteiger partial charge is 0.342 e. The molecule has 0 aromatic carbocycles. The van der Waals surface area contributed by atoms with Crippen LogP contribution in [0.5, 0.6) is 0 Å². The minimum absolute atomic E-state index is 0.0220. The van der Waals surface area contributed by atoms with Gasteiger partial charge in [-0.05, 0) is 17.8 Å². The van der Waals surface area contributed by atoms with Crippen molar-refractivity contribution in [2.75, 3.05) is 6.54 Å². The Bertz CT molecular complexity index is 346. The highest BCUT2D eigenvalue weighted by molar-refractivity contribution is 5.95. The third-order valence-electron chi connectivity index (χ3n) is 3.83. The first kappa shape index (κ1) is 12.4. The summed E-state index contributed by atoms with van der Waals surface area (Å²) in [6.07, 6.45) is 2.16. The molecule has 1 saturated heterocycles. The van der Waals surface area contributed by atoms with Crippen LogP contribution in [0.15, 0.2) is 0 Å². The molecule has 0 bridgehead atoms. The molecule has 2 rings (SSSR count). The highest BCUT2D eigenvalue weighted by atomic mass is 16.2. The fourth-order valence-corrected chi connectivity index (χ4v) is 2.59. The molecule has 4 nitrogen and oxygen atoms in total. The smallest absolute Gasteiger partial charge is 0.246 e. The van der Waals surface area contributed by atoms with Crippen molar-refractivity contribution < 1.29 is 9.59 Å². The van der Waals surface area contributed by atoms with Gasteiger partial charge in [0.1, 0.15) is 6.04 Å². The zero-order valence-corrected chi connectivity index (χ0v) is 11.1. The molecule has 4 heteroatoms. The van der Waals surface area contributed by atoms with Crippen LogP contribution in [0.25, 0.3) is 0 Å². The van der Waals surface area contributed by atoms with E-state index in [4.69, 9.17) is 0 Å². The summed E-state index contributed by atoms with van der Waals surface area (Å²) in [5.74, 6) is 0.676. The number of piperazine rings is 1. The highest BCUT2D eigenvalue weighted by Crippen LogP contribution is 2.40. The SMILES string of the molecule is CCC1CC1N1CC(=O)NC(C(C)(C)C)C1=O. The van der Waals surface area contributed by atoms with Gasteiger partial charge in [-0.15, -0.1) is 0 Å². The Kier molecular flexibility index (Phi) is 2.92. The average molecular weight is 238 g/mol. The summed E-state index contributed by atoms with van der Waals surface area (Å²) < 4.78 is 0. The molecule has 0 radical (unpaired) electrons. The monoisotopic (exact) mass is 238 g/mol. The maximum absolute atomic E-state index is 12.4. The van der Waals surface area contributed by atoms with Crippen LogP contribution in [0, 0.1) is 11.3 Å². The molecular formula is C13H22N2O2. The predicted molar refractivity (Wildman–Crippen MR) is 65.3 cm³/mol. The van der Waals surface area contributed by atoms with Crippen molar-refractivity contribution in [2.24, 2.45) is 11.3 Å². The van der Waals surface area contributed by atoms with E-state index in [2.05, 4.69) is 12.2 Å². The highest BCUT2D eigenvalue weighted by Gasteiger charge is 2.49. The maximum atomic E-state index is 12.4. The Morgan fingerprint density at radius 3 is 2.47 bits per heavy atom. The van der Waals surface area contributed by atoms with Crippen LogP contribution in [0.1, 0.15) is 40.5 Å². The van der Waals surface area contributed by atoms with Crippen LogP contribution < -0.4 is 5.32 Å². The van der Waals surface area contributed by atoms with Gasteiger partial charge in [-0.3, -0.25) is 9.59 Å². The number of hydrogen-bond acceptors (Lipinski definition) is 2. The van der Waals surface area contributed by atoms with Gasteiger partial charge in [0.25, 0.3) is 0 Å². The molecule has 96 valence electrons. The number of hydrogen-bond donors (Lipinski definition) is 1. The van der Waals surface area contributed by atoms with Crippen LogP contribution in [0.4, 0.5) is 0 Å². The number of carbonyl (C=O) groups excluding carboxylic acids is 2. The van der Waals surface area contributed by atoms with E-state index in [1.165, 1.54) is 0 Å². The van der Waals surface area contributed by atoms with Gasteiger partial charge in [-0.2, -0.15) is 0 Å². The molecule has 1 aliphatic heterocycles. The molecule has 0 aromatic heterocycles. The summed E-state index contributed by atoms with van der Waals surface area (Å²) in [6, 6.07) is -0.0646. The molecule has 0 aromatic rings. The number of rotatable bonds is 2. The predicted octanol–water partition coefficient (Wildman–Crippen LogP) is 1.16. The van der Waals surface area contributed by atoms with Crippen molar-refractivity contribution in [1.29, 1.82) is 0 Å². The first-order valence-corrected chi connectivity index (χ1v) is 6.44. The zero-order valence-electron chi connectivity index (χ0n) is 11.1. The standard InChI is InChI=1S/C13H22N2O2/c1-5-8-6-9(8)15-7-10(16)14-11(12(15)17)13(2,3)4/h8-9,11H,5-7H2,1-4H3,(H,14,16). The van der Waals surface area contributed by atoms with Gasteiger partial charge in [0.15, 0.2) is 0 Å². The molecule has 17 heavy (non-hydrogen) atoms. The third-order valence-corrected chi connectivity index (χ3v) is 3.83. The van der Waals surface area contributed by atoms with Gasteiger partial charge in [-0.25, -0.2) is 0 Å². The molecule has 2 fully saturated rings. The van der Waals surface area contributed by atoms with Gasteiger partial charge >= 0.3 is 0 Å². The first-order valence-electron chi connectivity index (χ1n) is 6.44. The molecule has 1 saturated carbocycles. The summed E-state index contributed by atoms with van der Waals surface area (Å²) in [5.41, 5.74) is -0.220. The van der Waals surface area contributed by atoms with Gasteiger partial charge in [0, 0.05) is 6.04 Å². The van der Waals surface area contributed by atoms with Gasteiger partial charge < -0.3 is 10.2 Å². The van der Waals surface area contributed by atoms with Crippen LogP contribution in [-0.2, 0) is 9.59 Å². The number of carbonyl (C=O) groups is 2. The molecule has 1 aliphatic carbocycles. The van der Waals surface area contributed by atoms with Crippen LogP contribution >= 0.6 is 0 Å². The van der Waals surface area contributed by atoms with Crippen LogP contribution in [0.2, 0.25) is 0 Å². The fraction of sp³-hybridized carbons (Fsp3) is 0.846. The van der Waals surface area contributed by atoms with Crippen LogP contribution in [0.3, 0.4) is 0 Å². The van der Waals surface area contributed by atoms with E-state index < -0.39 is 0 Å². The van der Waals surface area contributed by atoms with Crippen molar-refractivity contribution in [1.82, 2.24) is 10.2 Å². The zero-order chi connectivity index (χ0) is 12.8. The summed E-state index contributed by atoms with van der Waals surface area (Å²) >= 11 is 0. The minimum Gasteiger partial charge on any atom is -0.342 e. The van der Waals surface area contributed by atoms with Crippen molar-refractivity contribution in [2.45, 2.75) is 52.6 Å². The summed E-state index contributed by atoms with van der Waals surface area (Å²) in [4.78, 5) is 25.9. The number of nitrogens with zero attached hydrogens (tertiary/aromatic N) is 1. The molecule has 3 unspecified atom stereocenters. The van der Waals surface area contributed by atoms with Crippen molar-refractivity contribution in [3.8, 4) is 0 Å².